The minimum atomic E-state index is 0. The zero-order chi connectivity index (χ0) is 20.1. The van der Waals surface area contributed by atoms with Crippen molar-refractivity contribution >= 4 is 35.6 Å². The highest BCUT2D eigenvalue weighted by Gasteiger charge is 2.20. The number of pyridine rings is 2. The molecule has 1 saturated heterocycles. The summed E-state index contributed by atoms with van der Waals surface area (Å²) in [6, 6.07) is 12.7. The van der Waals surface area contributed by atoms with Gasteiger partial charge in [-0.1, -0.05) is 12.1 Å². The number of piperidine rings is 1. The molecule has 0 atom stereocenters. The van der Waals surface area contributed by atoms with Crippen LogP contribution in [0.25, 0.3) is 5.65 Å². The van der Waals surface area contributed by atoms with Gasteiger partial charge in [-0.3, -0.25) is 14.9 Å². The third-order valence-electron chi connectivity index (χ3n) is 5.45. The molecule has 1 fully saturated rings. The van der Waals surface area contributed by atoms with E-state index in [0.29, 0.717) is 12.6 Å². The van der Waals surface area contributed by atoms with Crippen molar-refractivity contribution in [2.75, 3.05) is 20.1 Å². The van der Waals surface area contributed by atoms with Crippen molar-refractivity contribution in [3.05, 3.63) is 65.9 Å². The standard InChI is InChI=1S/C22H29N7.HI/c1-17-6-5-8-21-26-20(16-29(17)21)14-25-22(23-2)27-18-9-12-28(13-10-18)15-19-7-3-4-11-24-19;/h3-8,11,16,18H,9-10,12-15H2,1-2H3,(H2,23,25,27);1H. The van der Waals surface area contributed by atoms with E-state index in [-0.39, 0.29) is 24.0 Å². The number of nitrogens with one attached hydrogen (secondary N) is 2. The number of halogens is 1. The van der Waals surface area contributed by atoms with E-state index in [1.54, 1.807) is 0 Å². The summed E-state index contributed by atoms with van der Waals surface area (Å²) in [6.07, 6.45) is 6.15. The maximum absolute atomic E-state index is 4.68. The Kier molecular flexibility index (Phi) is 8.03. The lowest BCUT2D eigenvalue weighted by atomic mass is 10.0. The van der Waals surface area contributed by atoms with Gasteiger partial charge in [-0.05, 0) is 44.0 Å². The lowest BCUT2D eigenvalue weighted by Gasteiger charge is -2.32. The van der Waals surface area contributed by atoms with Gasteiger partial charge in [0.2, 0.25) is 0 Å². The summed E-state index contributed by atoms with van der Waals surface area (Å²) in [7, 11) is 1.82. The highest BCUT2D eigenvalue weighted by molar-refractivity contribution is 14.0. The molecule has 3 aromatic rings. The molecule has 7 nitrogen and oxygen atoms in total. The van der Waals surface area contributed by atoms with Crippen molar-refractivity contribution in [3.63, 3.8) is 0 Å². The third-order valence-corrected chi connectivity index (χ3v) is 5.45. The number of rotatable bonds is 5. The molecular formula is C22H30IN7. The molecule has 3 aromatic heterocycles. The molecule has 2 N–H and O–H groups in total. The molecule has 0 aliphatic carbocycles. The number of aliphatic imine (C=N–C) groups is 1. The minimum Gasteiger partial charge on any atom is -0.354 e. The average Bonchev–Trinajstić information content (AvgIpc) is 3.18. The Labute approximate surface area is 195 Å². The van der Waals surface area contributed by atoms with E-state index >= 15 is 0 Å². The summed E-state index contributed by atoms with van der Waals surface area (Å²) < 4.78 is 2.12. The van der Waals surface area contributed by atoms with Crippen LogP contribution in [0.4, 0.5) is 0 Å². The Bertz CT molecular complexity index is 962. The van der Waals surface area contributed by atoms with Crippen molar-refractivity contribution in [1.82, 2.24) is 29.9 Å². The van der Waals surface area contributed by atoms with E-state index in [1.165, 1.54) is 5.69 Å². The number of guanidine groups is 1. The maximum Gasteiger partial charge on any atom is 0.191 e. The fourth-order valence-corrected chi connectivity index (χ4v) is 3.80. The molecule has 0 radical (unpaired) electrons. The lowest BCUT2D eigenvalue weighted by molar-refractivity contribution is 0.196. The summed E-state index contributed by atoms with van der Waals surface area (Å²) in [5.74, 6) is 0.835. The quantitative estimate of drug-likeness (QED) is 0.308. The van der Waals surface area contributed by atoms with Gasteiger partial charge in [-0.15, -0.1) is 24.0 Å². The van der Waals surface area contributed by atoms with E-state index in [2.05, 4.69) is 66.2 Å². The Balaban J connectivity index is 0.00000256. The van der Waals surface area contributed by atoms with E-state index < -0.39 is 0 Å². The lowest BCUT2D eigenvalue weighted by Crippen LogP contribution is -2.48. The molecule has 160 valence electrons. The fraction of sp³-hybridized carbons (Fsp3) is 0.409. The Morgan fingerprint density at radius 2 is 1.97 bits per heavy atom. The molecule has 0 aromatic carbocycles. The molecule has 0 unspecified atom stereocenters. The van der Waals surface area contributed by atoms with Crippen LogP contribution in [-0.4, -0.2) is 51.4 Å². The number of likely N-dealkylation sites (tertiary alicyclic amines) is 1. The van der Waals surface area contributed by atoms with Gasteiger partial charge in [0, 0.05) is 50.8 Å². The number of aromatic nitrogens is 3. The molecule has 30 heavy (non-hydrogen) atoms. The highest BCUT2D eigenvalue weighted by Crippen LogP contribution is 2.13. The molecule has 4 rings (SSSR count). The number of hydrogen-bond acceptors (Lipinski definition) is 4. The van der Waals surface area contributed by atoms with Crippen LogP contribution >= 0.6 is 24.0 Å². The summed E-state index contributed by atoms with van der Waals surface area (Å²) in [5, 5.41) is 6.97. The second kappa shape index (κ2) is 10.7. The molecule has 0 saturated carbocycles. The van der Waals surface area contributed by atoms with Gasteiger partial charge in [0.05, 0.1) is 17.9 Å². The number of imidazole rings is 1. The van der Waals surface area contributed by atoms with Gasteiger partial charge in [0.15, 0.2) is 5.96 Å². The molecule has 4 heterocycles. The van der Waals surface area contributed by atoms with Crippen LogP contribution in [0.5, 0.6) is 0 Å². The van der Waals surface area contributed by atoms with Crippen molar-refractivity contribution in [2.45, 2.75) is 38.9 Å². The topological polar surface area (TPSA) is 69.8 Å². The Hall–Kier alpha value is -2.20. The van der Waals surface area contributed by atoms with E-state index in [0.717, 1.165) is 55.5 Å². The fourth-order valence-electron chi connectivity index (χ4n) is 3.80. The summed E-state index contributed by atoms with van der Waals surface area (Å²) in [5.41, 5.74) is 4.30. The normalized spacial score (nSPS) is 15.7. The SMILES string of the molecule is CN=C(NCc1cn2c(C)cccc2n1)NC1CCN(Cc2ccccn2)CC1.I. The van der Waals surface area contributed by atoms with Crippen molar-refractivity contribution in [1.29, 1.82) is 0 Å². The van der Waals surface area contributed by atoms with Crippen LogP contribution < -0.4 is 10.6 Å². The number of nitrogens with zero attached hydrogens (tertiary/aromatic N) is 5. The van der Waals surface area contributed by atoms with Crippen molar-refractivity contribution in [2.24, 2.45) is 4.99 Å². The molecule has 1 aliphatic heterocycles. The summed E-state index contributed by atoms with van der Waals surface area (Å²) in [6.45, 7) is 5.80. The van der Waals surface area contributed by atoms with E-state index in [4.69, 9.17) is 0 Å². The number of fused-ring (bicyclic) bond motifs is 1. The summed E-state index contributed by atoms with van der Waals surface area (Å²) >= 11 is 0. The second-order valence-electron chi connectivity index (χ2n) is 7.57. The van der Waals surface area contributed by atoms with Gasteiger partial charge in [0.25, 0.3) is 0 Å². The maximum atomic E-state index is 4.68. The monoisotopic (exact) mass is 519 g/mol. The first kappa shape index (κ1) is 22.5. The first-order valence-corrected chi connectivity index (χ1v) is 10.2. The predicted molar refractivity (Wildman–Crippen MR) is 131 cm³/mol. The molecule has 0 spiro atoms. The van der Waals surface area contributed by atoms with Crippen LogP contribution in [0, 0.1) is 6.92 Å². The van der Waals surface area contributed by atoms with Crippen molar-refractivity contribution < 1.29 is 0 Å². The van der Waals surface area contributed by atoms with Gasteiger partial charge in [-0.25, -0.2) is 4.98 Å². The van der Waals surface area contributed by atoms with Gasteiger partial charge in [-0.2, -0.15) is 0 Å². The molecule has 1 aliphatic rings. The van der Waals surface area contributed by atoms with Crippen LogP contribution in [0.1, 0.15) is 29.9 Å². The molecule has 8 heteroatoms. The smallest absolute Gasteiger partial charge is 0.191 e. The first-order valence-electron chi connectivity index (χ1n) is 10.2. The van der Waals surface area contributed by atoms with E-state index in [1.807, 2.05) is 31.4 Å². The molecule has 0 amide bonds. The number of hydrogen-bond donors (Lipinski definition) is 2. The van der Waals surface area contributed by atoms with Crippen LogP contribution in [0.2, 0.25) is 0 Å². The first-order chi connectivity index (χ1) is 14.2. The molecule has 0 bridgehead atoms. The van der Waals surface area contributed by atoms with Crippen LogP contribution in [-0.2, 0) is 13.1 Å². The predicted octanol–water partition coefficient (Wildman–Crippen LogP) is 2.99. The van der Waals surface area contributed by atoms with Crippen LogP contribution in [0.15, 0.2) is 53.8 Å². The zero-order valence-corrected chi connectivity index (χ0v) is 19.9. The van der Waals surface area contributed by atoms with Gasteiger partial charge in [0.1, 0.15) is 5.65 Å². The van der Waals surface area contributed by atoms with Gasteiger partial charge >= 0.3 is 0 Å². The Morgan fingerprint density at radius 3 is 2.67 bits per heavy atom. The highest BCUT2D eigenvalue weighted by atomic mass is 127. The largest absolute Gasteiger partial charge is 0.354 e. The third kappa shape index (κ3) is 5.69. The van der Waals surface area contributed by atoms with Crippen molar-refractivity contribution in [3.8, 4) is 0 Å². The van der Waals surface area contributed by atoms with E-state index in [9.17, 15) is 0 Å². The van der Waals surface area contributed by atoms with Gasteiger partial charge < -0.3 is 15.0 Å². The Morgan fingerprint density at radius 1 is 1.13 bits per heavy atom. The zero-order valence-electron chi connectivity index (χ0n) is 17.6. The second-order valence-corrected chi connectivity index (χ2v) is 7.57. The number of aryl methyl sites for hydroxylation is 1. The summed E-state index contributed by atoms with van der Waals surface area (Å²) in [4.78, 5) is 16.0. The average molecular weight is 519 g/mol. The molecular weight excluding hydrogens is 489 g/mol. The van der Waals surface area contributed by atoms with Crippen LogP contribution in [0.3, 0.4) is 0 Å². The minimum absolute atomic E-state index is 0.